The molecule has 1 saturated heterocycles. The molecule has 2 heterocycles. The van der Waals surface area contributed by atoms with Crippen molar-refractivity contribution in [2.75, 3.05) is 12.0 Å². The number of urea groups is 1. The van der Waals surface area contributed by atoms with Crippen LogP contribution in [-0.2, 0) is 4.79 Å². The van der Waals surface area contributed by atoms with Gasteiger partial charge in [0.1, 0.15) is 11.3 Å². The van der Waals surface area contributed by atoms with E-state index in [1.54, 1.807) is 13.8 Å². The average Bonchev–Trinajstić information content (AvgIpc) is 2.77. The molecule has 0 spiro atoms. The SMILES string of the molecule is COc1cc(Oc2cncc(N3C(=O)NC(C)(C)C3=O)n2)ccc1F. The van der Waals surface area contributed by atoms with Crippen LogP contribution in [0.15, 0.2) is 30.6 Å². The van der Waals surface area contributed by atoms with E-state index in [9.17, 15) is 14.0 Å². The highest BCUT2D eigenvalue weighted by Crippen LogP contribution is 2.28. The van der Waals surface area contributed by atoms with Crippen LogP contribution in [0, 0.1) is 5.82 Å². The van der Waals surface area contributed by atoms with E-state index in [-0.39, 0.29) is 23.2 Å². The highest BCUT2D eigenvalue weighted by atomic mass is 19.1. The number of imide groups is 1. The molecule has 1 aromatic heterocycles. The first-order chi connectivity index (χ1) is 11.8. The van der Waals surface area contributed by atoms with Gasteiger partial charge in [0, 0.05) is 6.07 Å². The summed E-state index contributed by atoms with van der Waals surface area (Å²) in [5.74, 6) is -0.639. The number of halogens is 1. The number of carbonyl (C=O) groups excluding carboxylic acids is 2. The van der Waals surface area contributed by atoms with Crippen molar-refractivity contribution in [3.63, 3.8) is 0 Å². The molecule has 1 aliphatic heterocycles. The maximum atomic E-state index is 13.4. The average molecular weight is 346 g/mol. The maximum absolute atomic E-state index is 13.4. The van der Waals surface area contributed by atoms with Crippen molar-refractivity contribution in [2.45, 2.75) is 19.4 Å². The molecule has 2 aromatic rings. The quantitative estimate of drug-likeness (QED) is 0.854. The molecule has 3 rings (SSSR count). The van der Waals surface area contributed by atoms with Crippen LogP contribution in [0.1, 0.15) is 13.8 Å². The highest BCUT2D eigenvalue weighted by molar-refractivity contribution is 6.22. The van der Waals surface area contributed by atoms with E-state index in [1.165, 1.54) is 37.7 Å². The van der Waals surface area contributed by atoms with Crippen LogP contribution >= 0.6 is 0 Å². The second-order valence-electron chi connectivity index (χ2n) is 5.81. The van der Waals surface area contributed by atoms with Crippen LogP contribution in [0.5, 0.6) is 17.4 Å². The van der Waals surface area contributed by atoms with E-state index in [2.05, 4.69) is 15.3 Å². The zero-order valence-electron chi connectivity index (χ0n) is 13.7. The Morgan fingerprint density at radius 3 is 2.64 bits per heavy atom. The number of aromatic nitrogens is 2. The number of carbonyl (C=O) groups is 2. The number of nitrogens with zero attached hydrogens (tertiary/aromatic N) is 3. The molecule has 1 fully saturated rings. The molecule has 1 N–H and O–H groups in total. The van der Waals surface area contributed by atoms with Crippen molar-refractivity contribution in [3.05, 3.63) is 36.4 Å². The van der Waals surface area contributed by atoms with Crippen molar-refractivity contribution in [1.82, 2.24) is 15.3 Å². The van der Waals surface area contributed by atoms with Gasteiger partial charge in [0.25, 0.3) is 5.91 Å². The predicted octanol–water partition coefficient (Wildman–Crippen LogP) is 2.25. The molecular formula is C16H15FN4O4. The predicted molar refractivity (Wildman–Crippen MR) is 85.2 cm³/mol. The minimum Gasteiger partial charge on any atom is -0.494 e. The molecule has 130 valence electrons. The minimum absolute atomic E-state index is 0.0115. The molecule has 1 aromatic carbocycles. The van der Waals surface area contributed by atoms with Gasteiger partial charge >= 0.3 is 6.03 Å². The van der Waals surface area contributed by atoms with E-state index in [0.717, 1.165) is 4.90 Å². The first kappa shape index (κ1) is 16.6. The lowest BCUT2D eigenvalue weighted by atomic mass is 10.1. The molecule has 0 saturated carbocycles. The normalized spacial score (nSPS) is 15.9. The Balaban J connectivity index is 1.88. The lowest BCUT2D eigenvalue weighted by Gasteiger charge is -2.15. The molecule has 0 radical (unpaired) electrons. The Hall–Kier alpha value is -3.23. The summed E-state index contributed by atoms with van der Waals surface area (Å²) in [5.41, 5.74) is -1.03. The molecule has 8 nitrogen and oxygen atoms in total. The molecule has 0 unspecified atom stereocenters. The Morgan fingerprint density at radius 1 is 1.24 bits per heavy atom. The van der Waals surface area contributed by atoms with Crippen molar-refractivity contribution >= 4 is 17.8 Å². The Bertz CT molecular complexity index is 856. The Kier molecular flexibility index (Phi) is 3.99. The van der Waals surface area contributed by atoms with Crippen LogP contribution < -0.4 is 19.7 Å². The van der Waals surface area contributed by atoms with Gasteiger partial charge in [0.05, 0.1) is 19.5 Å². The summed E-state index contributed by atoms with van der Waals surface area (Å²) in [6, 6.07) is 3.33. The van der Waals surface area contributed by atoms with Crippen LogP contribution in [0.25, 0.3) is 0 Å². The van der Waals surface area contributed by atoms with Crippen molar-refractivity contribution in [1.29, 1.82) is 0 Å². The standard InChI is InChI=1S/C16H15FN4O4/c1-16(2)14(22)21(15(23)20-16)12-7-18-8-13(19-12)25-9-4-5-10(17)11(6-9)24-3/h4-8H,1-3H3,(H,20,23). The second kappa shape index (κ2) is 6.00. The van der Waals surface area contributed by atoms with E-state index in [1.807, 2.05) is 0 Å². The van der Waals surface area contributed by atoms with E-state index < -0.39 is 23.3 Å². The van der Waals surface area contributed by atoms with Gasteiger partial charge < -0.3 is 14.8 Å². The fraction of sp³-hybridized carbons (Fsp3) is 0.250. The largest absolute Gasteiger partial charge is 0.494 e. The van der Waals surface area contributed by atoms with Gasteiger partial charge in [-0.15, -0.1) is 0 Å². The highest BCUT2D eigenvalue weighted by Gasteiger charge is 2.45. The van der Waals surface area contributed by atoms with Crippen molar-refractivity contribution in [3.8, 4) is 17.4 Å². The molecule has 9 heteroatoms. The first-order valence-electron chi connectivity index (χ1n) is 7.32. The summed E-state index contributed by atoms with van der Waals surface area (Å²) >= 11 is 0. The molecule has 0 aliphatic carbocycles. The van der Waals surface area contributed by atoms with E-state index in [0.29, 0.717) is 0 Å². The number of anilines is 1. The molecular weight excluding hydrogens is 331 g/mol. The van der Waals surface area contributed by atoms with Gasteiger partial charge in [-0.2, -0.15) is 4.98 Å². The lowest BCUT2D eigenvalue weighted by molar-refractivity contribution is -0.121. The van der Waals surface area contributed by atoms with Crippen molar-refractivity contribution in [2.24, 2.45) is 0 Å². The fourth-order valence-electron chi connectivity index (χ4n) is 2.28. The molecule has 25 heavy (non-hydrogen) atoms. The summed E-state index contributed by atoms with van der Waals surface area (Å²) < 4.78 is 23.8. The van der Waals surface area contributed by atoms with Gasteiger partial charge in [-0.05, 0) is 26.0 Å². The summed E-state index contributed by atoms with van der Waals surface area (Å²) in [7, 11) is 1.34. The number of amides is 3. The summed E-state index contributed by atoms with van der Waals surface area (Å²) in [5, 5.41) is 2.55. The number of ether oxygens (including phenoxy) is 2. The smallest absolute Gasteiger partial charge is 0.330 e. The summed E-state index contributed by atoms with van der Waals surface area (Å²) in [6.07, 6.45) is 2.58. The van der Waals surface area contributed by atoms with Crippen LogP contribution in [0.4, 0.5) is 15.0 Å². The second-order valence-corrected chi connectivity index (χ2v) is 5.81. The number of rotatable bonds is 4. The zero-order chi connectivity index (χ0) is 18.2. The van der Waals surface area contributed by atoms with Gasteiger partial charge in [0.2, 0.25) is 5.88 Å². The third-order valence-corrected chi connectivity index (χ3v) is 3.53. The molecule has 3 amide bonds. The van der Waals surface area contributed by atoms with Gasteiger partial charge in [0.15, 0.2) is 17.4 Å². The van der Waals surface area contributed by atoms with E-state index in [4.69, 9.17) is 9.47 Å². The molecule has 0 atom stereocenters. The van der Waals surface area contributed by atoms with Gasteiger partial charge in [-0.25, -0.2) is 14.1 Å². The van der Waals surface area contributed by atoms with Crippen LogP contribution in [0.3, 0.4) is 0 Å². The fourth-order valence-corrected chi connectivity index (χ4v) is 2.28. The number of nitrogens with one attached hydrogen (secondary N) is 1. The number of methoxy groups -OCH3 is 1. The maximum Gasteiger partial charge on any atom is 0.330 e. The number of hydrogen-bond acceptors (Lipinski definition) is 6. The van der Waals surface area contributed by atoms with E-state index >= 15 is 0 Å². The number of hydrogen-bond donors (Lipinski definition) is 1. The van der Waals surface area contributed by atoms with Gasteiger partial charge in [-0.3, -0.25) is 9.78 Å². The summed E-state index contributed by atoms with van der Waals surface area (Å²) in [4.78, 5) is 33.3. The monoisotopic (exact) mass is 346 g/mol. The van der Waals surface area contributed by atoms with Crippen LogP contribution in [0.2, 0.25) is 0 Å². The summed E-state index contributed by atoms with van der Waals surface area (Å²) in [6.45, 7) is 3.18. The third-order valence-electron chi connectivity index (χ3n) is 3.53. The van der Waals surface area contributed by atoms with Crippen molar-refractivity contribution < 1.29 is 23.5 Å². The first-order valence-corrected chi connectivity index (χ1v) is 7.32. The third kappa shape index (κ3) is 3.08. The Labute approximate surface area is 142 Å². The van der Waals surface area contributed by atoms with Crippen LogP contribution in [-0.4, -0.2) is 34.6 Å². The van der Waals surface area contributed by atoms with Gasteiger partial charge in [-0.1, -0.05) is 0 Å². The molecule has 1 aliphatic rings. The lowest BCUT2D eigenvalue weighted by Crippen LogP contribution is -2.40. The molecule has 0 bridgehead atoms. The Morgan fingerprint density at radius 2 is 2.00 bits per heavy atom. The minimum atomic E-state index is -1.03. The zero-order valence-corrected chi connectivity index (χ0v) is 13.7. The topological polar surface area (TPSA) is 93.7 Å². The number of benzene rings is 1.